The number of carbonyl (C=O) groups excluding carboxylic acids is 1. The summed E-state index contributed by atoms with van der Waals surface area (Å²) in [5, 5.41) is 9.77. The molecule has 0 bridgehead atoms. The quantitative estimate of drug-likeness (QED) is 0.690. The Morgan fingerprint density at radius 1 is 1.65 bits per heavy atom. The van der Waals surface area contributed by atoms with Crippen molar-refractivity contribution in [3.63, 3.8) is 0 Å². The van der Waals surface area contributed by atoms with Gasteiger partial charge in [0.05, 0.1) is 23.6 Å². The van der Waals surface area contributed by atoms with Crippen molar-refractivity contribution >= 4 is 11.6 Å². The fourth-order valence-corrected chi connectivity index (χ4v) is 2.12. The first-order chi connectivity index (χ1) is 8.06. The zero-order chi connectivity index (χ0) is 12.4. The summed E-state index contributed by atoms with van der Waals surface area (Å²) in [5.74, 6) is -0.00769. The Morgan fingerprint density at radius 2 is 2.41 bits per heavy atom. The van der Waals surface area contributed by atoms with Crippen LogP contribution < -0.4 is 11.1 Å². The molecule has 1 atom stereocenters. The van der Waals surface area contributed by atoms with Crippen LogP contribution in [-0.4, -0.2) is 46.7 Å². The van der Waals surface area contributed by atoms with Gasteiger partial charge in [0, 0.05) is 19.1 Å². The highest BCUT2D eigenvalue weighted by Crippen LogP contribution is 2.16. The molecule has 1 amide bonds. The molecular weight excluding hydrogens is 218 g/mol. The van der Waals surface area contributed by atoms with Crippen LogP contribution in [0, 0.1) is 13.8 Å². The number of nitrogens with zero attached hydrogens (tertiary/aromatic N) is 2. The summed E-state index contributed by atoms with van der Waals surface area (Å²) in [7, 11) is 0. The van der Waals surface area contributed by atoms with Gasteiger partial charge in [-0.15, -0.1) is 0 Å². The molecule has 1 aliphatic heterocycles. The lowest BCUT2D eigenvalue weighted by Gasteiger charge is -2.14. The van der Waals surface area contributed by atoms with E-state index in [4.69, 9.17) is 5.73 Å². The molecular formula is C11H19N5O. The molecule has 94 valence electrons. The second-order valence-corrected chi connectivity index (χ2v) is 4.64. The van der Waals surface area contributed by atoms with Crippen LogP contribution in [0.2, 0.25) is 0 Å². The highest BCUT2D eigenvalue weighted by atomic mass is 16.2. The molecule has 1 aliphatic rings. The van der Waals surface area contributed by atoms with Gasteiger partial charge in [0.2, 0.25) is 5.91 Å². The first-order valence-electron chi connectivity index (χ1n) is 5.85. The Labute approximate surface area is 101 Å². The van der Waals surface area contributed by atoms with E-state index in [1.54, 1.807) is 0 Å². The van der Waals surface area contributed by atoms with E-state index in [2.05, 4.69) is 20.4 Å². The van der Waals surface area contributed by atoms with Crippen LogP contribution in [0.5, 0.6) is 0 Å². The van der Waals surface area contributed by atoms with E-state index in [-0.39, 0.29) is 11.9 Å². The molecule has 2 heterocycles. The first-order valence-corrected chi connectivity index (χ1v) is 5.85. The average Bonchev–Trinajstić information content (AvgIpc) is 2.79. The number of nitrogens with two attached hydrogens (primary N) is 1. The number of rotatable bonds is 3. The highest BCUT2D eigenvalue weighted by molar-refractivity contribution is 5.93. The summed E-state index contributed by atoms with van der Waals surface area (Å²) in [6, 6.07) is 0.209. The van der Waals surface area contributed by atoms with Crippen molar-refractivity contribution in [3.05, 3.63) is 11.4 Å². The minimum atomic E-state index is -0.00769. The van der Waals surface area contributed by atoms with Gasteiger partial charge in [-0.25, -0.2) is 0 Å². The second-order valence-electron chi connectivity index (χ2n) is 4.64. The largest absolute Gasteiger partial charge is 0.326 e. The Bertz CT molecular complexity index is 394. The standard InChI is InChI=1S/C11H19N5O/c1-7-11(8(2)15-14-7)13-10(17)6-16-4-3-9(12)5-16/h9H,3-6,12H2,1-2H3,(H,13,17)(H,14,15)/t9-/m1/s1. The average molecular weight is 237 g/mol. The number of H-pyrrole nitrogens is 1. The van der Waals surface area contributed by atoms with Crippen molar-refractivity contribution in [2.45, 2.75) is 26.3 Å². The van der Waals surface area contributed by atoms with Crippen molar-refractivity contribution in [3.8, 4) is 0 Å². The molecule has 6 nitrogen and oxygen atoms in total. The first kappa shape index (κ1) is 12.1. The molecule has 0 radical (unpaired) electrons. The molecule has 1 aromatic rings. The van der Waals surface area contributed by atoms with Gasteiger partial charge in [0.15, 0.2) is 0 Å². The predicted molar refractivity (Wildman–Crippen MR) is 65.7 cm³/mol. The van der Waals surface area contributed by atoms with Gasteiger partial charge in [0.25, 0.3) is 0 Å². The lowest BCUT2D eigenvalue weighted by Crippen LogP contribution is -2.33. The smallest absolute Gasteiger partial charge is 0.238 e. The molecule has 17 heavy (non-hydrogen) atoms. The van der Waals surface area contributed by atoms with E-state index in [0.717, 1.165) is 36.6 Å². The SMILES string of the molecule is Cc1n[nH]c(C)c1NC(=O)CN1CC[C@@H](N)C1. The van der Waals surface area contributed by atoms with E-state index >= 15 is 0 Å². The van der Waals surface area contributed by atoms with E-state index in [0.29, 0.717) is 6.54 Å². The number of hydrogen-bond acceptors (Lipinski definition) is 4. The number of amides is 1. The number of likely N-dealkylation sites (tertiary alicyclic amines) is 1. The van der Waals surface area contributed by atoms with Crippen molar-refractivity contribution in [1.82, 2.24) is 15.1 Å². The number of hydrogen-bond donors (Lipinski definition) is 3. The number of carbonyl (C=O) groups is 1. The Balaban J connectivity index is 1.89. The number of aromatic amines is 1. The number of nitrogens with one attached hydrogen (secondary N) is 2. The minimum absolute atomic E-state index is 0.00769. The molecule has 0 unspecified atom stereocenters. The normalized spacial score (nSPS) is 20.8. The van der Waals surface area contributed by atoms with Gasteiger partial charge in [0.1, 0.15) is 0 Å². The molecule has 1 saturated heterocycles. The van der Waals surface area contributed by atoms with Crippen LogP contribution in [0.3, 0.4) is 0 Å². The third kappa shape index (κ3) is 2.83. The fourth-order valence-electron chi connectivity index (χ4n) is 2.12. The molecule has 1 fully saturated rings. The van der Waals surface area contributed by atoms with Gasteiger partial charge >= 0.3 is 0 Å². The van der Waals surface area contributed by atoms with Crippen LogP contribution in [0.4, 0.5) is 5.69 Å². The summed E-state index contributed by atoms with van der Waals surface area (Å²) < 4.78 is 0. The molecule has 4 N–H and O–H groups in total. The lowest BCUT2D eigenvalue weighted by atomic mass is 10.3. The molecule has 0 spiro atoms. The maximum Gasteiger partial charge on any atom is 0.238 e. The summed E-state index contributed by atoms with van der Waals surface area (Å²) in [5.41, 5.74) is 8.28. The Morgan fingerprint density at radius 3 is 2.94 bits per heavy atom. The third-order valence-electron chi connectivity index (χ3n) is 3.07. The van der Waals surface area contributed by atoms with Crippen molar-refractivity contribution in [1.29, 1.82) is 0 Å². The second kappa shape index (κ2) is 4.85. The molecule has 6 heteroatoms. The zero-order valence-corrected chi connectivity index (χ0v) is 10.3. The van der Waals surface area contributed by atoms with E-state index in [1.165, 1.54) is 0 Å². The number of aryl methyl sites for hydroxylation is 2. The lowest BCUT2D eigenvalue weighted by molar-refractivity contribution is -0.117. The van der Waals surface area contributed by atoms with Crippen LogP contribution in [0.1, 0.15) is 17.8 Å². The number of aromatic nitrogens is 2. The van der Waals surface area contributed by atoms with E-state index in [1.807, 2.05) is 13.8 Å². The van der Waals surface area contributed by atoms with Gasteiger partial charge < -0.3 is 11.1 Å². The van der Waals surface area contributed by atoms with Crippen LogP contribution in [0.15, 0.2) is 0 Å². The predicted octanol–water partition coefficient (Wildman–Crippen LogP) is -0.00196. The molecule has 0 aromatic carbocycles. The van der Waals surface area contributed by atoms with Crippen molar-refractivity contribution < 1.29 is 4.79 Å². The van der Waals surface area contributed by atoms with Crippen LogP contribution >= 0.6 is 0 Å². The zero-order valence-electron chi connectivity index (χ0n) is 10.3. The summed E-state index contributed by atoms with van der Waals surface area (Å²) in [6.07, 6.45) is 0.969. The molecule has 0 saturated carbocycles. The summed E-state index contributed by atoms with van der Waals surface area (Å²) in [4.78, 5) is 13.9. The van der Waals surface area contributed by atoms with Crippen LogP contribution in [-0.2, 0) is 4.79 Å². The van der Waals surface area contributed by atoms with Gasteiger partial charge in [-0.05, 0) is 20.3 Å². The fraction of sp³-hybridized carbons (Fsp3) is 0.636. The molecule has 2 rings (SSSR count). The van der Waals surface area contributed by atoms with Gasteiger partial charge in [-0.3, -0.25) is 14.8 Å². The monoisotopic (exact) mass is 237 g/mol. The third-order valence-corrected chi connectivity index (χ3v) is 3.07. The highest BCUT2D eigenvalue weighted by Gasteiger charge is 2.21. The molecule has 1 aromatic heterocycles. The minimum Gasteiger partial charge on any atom is -0.326 e. The summed E-state index contributed by atoms with van der Waals surface area (Å²) >= 11 is 0. The van der Waals surface area contributed by atoms with E-state index < -0.39 is 0 Å². The number of anilines is 1. The van der Waals surface area contributed by atoms with Gasteiger partial charge in [-0.2, -0.15) is 5.10 Å². The topological polar surface area (TPSA) is 87.0 Å². The maximum absolute atomic E-state index is 11.8. The Hall–Kier alpha value is -1.40. The Kier molecular flexibility index (Phi) is 3.44. The van der Waals surface area contributed by atoms with Gasteiger partial charge in [-0.1, -0.05) is 0 Å². The molecule has 0 aliphatic carbocycles. The van der Waals surface area contributed by atoms with E-state index in [9.17, 15) is 4.79 Å². The van der Waals surface area contributed by atoms with Crippen LogP contribution in [0.25, 0.3) is 0 Å². The van der Waals surface area contributed by atoms with Crippen molar-refractivity contribution in [2.24, 2.45) is 5.73 Å². The summed E-state index contributed by atoms with van der Waals surface area (Å²) in [6.45, 7) is 5.86. The maximum atomic E-state index is 11.8. The van der Waals surface area contributed by atoms with Crippen molar-refractivity contribution in [2.75, 3.05) is 25.0 Å².